The van der Waals surface area contributed by atoms with Crippen molar-refractivity contribution in [2.45, 2.75) is 44.2 Å². The summed E-state index contributed by atoms with van der Waals surface area (Å²) in [6.45, 7) is 2.83. The lowest BCUT2D eigenvalue weighted by molar-refractivity contribution is 0.173. The monoisotopic (exact) mass is 335 g/mol. The number of pyridine rings is 1. The van der Waals surface area contributed by atoms with Crippen molar-refractivity contribution in [1.82, 2.24) is 15.2 Å². The number of urea groups is 1. The predicted molar refractivity (Wildman–Crippen MR) is 98.2 cm³/mol. The first-order chi connectivity index (χ1) is 12.2. The van der Waals surface area contributed by atoms with Gasteiger partial charge in [0.15, 0.2) is 0 Å². The Kier molecular flexibility index (Phi) is 4.43. The number of carbonyl (C=O) groups is 1. The summed E-state index contributed by atoms with van der Waals surface area (Å²) in [4.78, 5) is 19.2. The molecular formula is C21H25N3O. The highest BCUT2D eigenvalue weighted by Gasteiger charge is 2.40. The Morgan fingerprint density at radius 2 is 1.96 bits per heavy atom. The fourth-order valence-corrected chi connectivity index (χ4v) is 3.67. The van der Waals surface area contributed by atoms with Crippen LogP contribution in [0.5, 0.6) is 0 Å². The van der Waals surface area contributed by atoms with E-state index < -0.39 is 0 Å². The van der Waals surface area contributed by atoms with Crippen molar-refractivity contribution in [2.75, 3.05) is 6.54 Å². The molecule has 1 heterocycles. The van der Waals surface area contributed by atoms with Crippen molar-refractivity contribution in [2.24, 2.45) is 5.92 Å². The molecule has 2 aromatic rings. The Morgan fingerprint density at radius 1 is 1.20 bits per heavy atom. The van der Waals surface area contributed by atoms with E-state index in [4.69, 9.17) is 0 Å². The van der Waals surface area contributed by atoms with Gasteiger partial charge in [-0.3, -0.25) is 4.98 Å². The molecule has 2 aliphatic rings. The van der Waals surface area contributed by atoms with Gasteiger partial charge in [-0.2, -0.15) is 0 Å². The molecule has 130 valence electrons. The van der Waals surface area contributed by atoms with Gasteiger partial charge in [0, 0.05) is 18.8 Å². The molecule has 1 N–H and O–H groups in total. The number of nitrogens with one attached hydrogen (secondary N) is 1. The molecule has 3 atom stereocenters. The Balaban J connectivity index is 1.35. The normalized spacial score (nSPS) is 22.9. The number of hydrogen-bond acceptors (Lipinski definition) is 2. The summed E-state index contributed by atoms with van der Waals surface area (Å²) in [7, 11) is 0. The van der Waals surface area contributed by atoms with Crippen LogP contribution in [0.4, 0.5) is 4.79 Å². The van der Waals surface area contributed by atoms with Crippen LogP contribution in [0.25, 0.3) is 0 Å². The van der Waals surface area contributed by atoms with Crippen molar-refractivity contribution in [3.05, 3.63) is 66.0 Å². The number of nitrogens with zero attached hydrogens (tertiary/aromatic N) is 2. The van der Waals surface area contributed by atoms with Gasteiger partial charge in [0.1, 0.15) is 0 Å². The highest BCUT2D eigenvalue weighted by molar-refractivity contribution is 5.75. The maximum atomic E-state index is 12.8. The number of aromatic nitrogens is 1. The fraction of sp³-hybridized carbons (Fsp3) is 0.429. The predicted octanol–water partition coefficient (Wildman–Crippen LogP) is 4.12. The quantitative estimate of drug-likeness (QED) is 0.863. The molecule has 2 fully saturated rings. The van der Waals surface area contributed by atoms with Gasteiger partial charge in [-0.25, -0.2) is 4.79 Å². The van der Waals surface area contributed by atoms with Crippen LogP contribution in [-0.2, 0) is 0 Å². The zero-order valence-electron chi connectivity index (χ0n) is 14.6. The molecule has 1 aromatic heterocycles. The molecule has 0 bridgehead atoms. The topological polar surface area (TPSA) is 45.2 Å². The summed E-state index contributed by atoms with van der Waals surface area (Å²) in [6, 6.07) is 16.9. The molecule has 0 unspecified atom stereocenters. The number of hydrogen-bond donors (Lipinski definition) is 1. The highest BCUT2D eigenvalue weighted by atomic mass is 16.2. The van der Waals surface area contributed by atoms with E-state index in [0.29, 0.717) is 17.9 Å². The van der Waals surface area contributed by atoms with E-state index in [1.54, 1.807) is 6.20 Å². The number of carbonyl (C=O) groups excluding carboxylic acids is 1. The molecule has 0 spiro atoms. The van der Waals surface area contributed by atoms with E-state index in [9.17, 15) is 4.79 Å². The Morgan fingerprint density at radius 3 is 2.64 bits per heavy atom. The van der Waals surface area contributed by atoms with Crippen molar-refractivity contribution < 1.29 is 4.79 Å². The smallest absolute Gasteiger partial charge is 0.318 e. The van der Waals surface area contributed by atoms with E-state index in [1.165, 1.54) is 12.0 Å². The summed E-state index contributed by atoms with van der Waals surface area (Å²) in [5, 5.41) is 3.18. The van der Waals surface area contributed by atoms with Crippen LogP contribution < -0.4 is 5.32 Å². The maximum Gasteiger partial charge on any atom is 0.318 e. The van der Waals surface area contributed by atoms with Gasteiger partial charge >= 0.3 is 6.03 Å². The van der Waals surface area contributed by atoms with E-state index in [0.717, 1.165) is 25.1 Å². The van der Waals surface area contributed by atoms with Gasteiger partial charge in [0.2, 0.25) is 0 Å². The lowest BCUT2D eigenvalue weighted by Gasteiger charge is -2.29. The molecule has 4 heteroatoms. The van der Waals surface area contributed by atoms with Gasteiger partial charge in [-0.15, -0.1) is 0 Å². The molecule has 2 amide bonds. The standard InChI is InChI=1S/C21H25N3O/c1-15(20-9-5-6-12-22-20)24(18-10-11-18)21(25)23-14-17-13-19(17)16-7-3-2-4-8-16/h2-9,12,15,17-19H,10-11,13-14H2,1H3,(H,23,25)/t15-,17+,19+/m1/s1. The fourth-order valence-electron chi connectivity index (χ4n) is 3.67. The third-order valence-corrected chi connectivity index (χ3v) is 5.37. The molecule has 25 heavy (non-hydrogen) atoms. The van der Waals surface area contributed by atoms with Crippen molar-refractivity contribution in [3.63, 3.8) is 0 Å². The molecule has 4 rings (SSSR count). The second kappa shape index (κ2) is 6.87. The SMILES string of the molecule is C[C@H](c1ccccn1)N(C(=O)NC[C@@H]1C[C@H]1c1ccccc1)C1CC1. The molecule has 0 saturated heterocycles. The third-order valence-electron chi connectivity index (χ3n) is 5.37. The van der Waals surface area contributed by atoms with Crippen molar-refractivity contribution in [1.29, 1.82) is 0 Å². The van der Waals surface area contributed by atoms with Gasteiger partial charge in [-0.1, -0.05) is 36.4 Å². The van der Waals surface area contributed by atoms with E-state index in [2.05, 4.69) is 47.6 Å². The molecular weight excluding hydrogens is 310 g/mol. The highest BCUT2D eigenvalue weighted by Crippen LogP contribution is 2.46. The first-order valence-corrected chi connectivity index (χ1v) is 9.26. The Hall–Kier alpha value is -2.36. The molecule has 4 nitrogen and oxygen atoms in total. The maximum absolute atomic E-state index is 12.8. The minimum Gasteiger partial charge on any atom is -0.338 e. The van der Waals surface area contributed by atoms with Crippen LogP contribution in [0.1, 0.15) is 49.4 Å². The minimum absolute atomic E-state index is 0.0119. The van der Waals surface area contributed by atoms with E-state index >= 15 is 0 Å². The van der Waals surface area contributed by atoms with Crippen LogP contribution in [-0.4, -0.2) is 28.5 Å². The zero-order chi connectivity index (χ0) is 17.2. The number of amides is 2. The van der Waals surface area contributed by atoms with Gasteiger partial charge in [0.05, 0.1) is 11.7 Å². The second-order valence-electron chi connectivity index (χ2n) is 7.27. The molecule has 2 aliphatic carbocycles. The van der Waals surface area contributed by atoms with E-state index in [1.807, 2.05) is 23.1 Å². The van der Waals surface area contributed by atoms with Crippen LogP contribution in [0, 0.1) is 5.92 Å². The summed E-state index contributed by atoms with van der Waals surface area (Å²) >= 11 is 0. The van der Waals surface area contributed by atoms with Crippen molar-refractivity contribution in [3.8, 4) is 0 Å². The van der Waals surface area contributed by atoms with Crippen LogP contribution in [0.2, 0.25) is 0 Å². The third kappa shape index (κ3) is 3.68. The molecule has 2 saturated carbocycles. The van der Waals surface area contributed by atoms with Gasteiger partial charge in [-0.05, 0) is 55.7 Å². The van der Waals surface area contributed by atoms with Crippen molar-refractivity contribution >= 4 is 6.03 Å². The summed E-state index contributed by atoms with van der Waals surface area (Å²) < 4.78 is 0. The van der Waals surface area contributed by atoms with E-state index in [-0.39, 0.29) is 12.1 Å². The Labute approximate surface area is 149 Å². The van der Waals surface area contributed by atoms with Crippen LogP contribution in [0.3, 0.4) is 0 Å². The first-order valence-electron chi connectivity index (χ1n) is 9.26. The summed E-state index contributed by atoms with van der Waals surface area (Å²) in [5.41, 5.74) is 2.35. The average molecular weight is 335 g/mol. The lowest BCUT2D eigenvalue weighted by Crippen LogP contribution is -2.43. The summed E-state index contributed by atoms with van der Waals surface area (Å²) in [6.07, 6.45) is 5.16. The zero-order valence-corrected chi connectivity index (χ0v) is 14.6. The van der Waals surface area contributed by atoms with Gasteiger partial charge in [0.25, 0.3) is 0 Å². The van der Waals surface area contributed by atoms with Gasteiger partial charge < -0.3 is 10.2 Å². The molecule has 0 aliphatic heterocycles. The van der Waals surface area contributed by atoms with Crippen LogP contribution >= 0.6 is 0 Å². The van der Waals surface area contributed by atoms with Crippen LogP contribution in [0.15, 0.2) is 54.7 Å². The minimum atomic E-state index is 0.0119. The number of benzene rings is 1. The number of rotatable bonds is 6. The molecule has 1 aromatic carbocycles. The average Bonchev–Trinajstić information content (AvgIpc) is 3.56. The lowest BCUT2D eigenvalue weighted by atomic mass is 10.1. The summed E-state index contributed by atoms with van der Waals surface area (Å²) in [5.74, 6) is 1.17. The first kappa shape index (κ1) is 16.1. The Bertz CT molecular complexity index is 714. The molecule has 0 radical (unpaired) electrons. The second-order valence-corrected chi connectivity index (χ2v) is 7.27. The largest absolute Gasteiger partial charge is 0.338 e.